The lowest BCUT2D eigenvalue weighted by Crippen LogP contribution is -2.43. The molecule has 0 saturated heterocycles. The van der Waals surface area contributed by atoms with Gasteiger partial charge in [-0.3, -0.25) is 0 Å². The van der Waals surface area contributed by atoms with Crippen molar-refractivity contribution in [2.45, 2.75) is 31.8 Å². The topological polar surface area (TPSA) is 48.4 Å². The number of aromatic nitrogens is 1. The van der Waals surface area contributed by atoms with Gasteiger partial charge in [0.05, 0.1) is 6.61 Å². The Labute approximate surface area is 103 Å². The van der Waals surface area contributed by atoms with Crippen LogP contribution in [0.4, 0.5) is 5.82 Å². The minimum absolute atomic E-state index is 0.187. The molecule has 4 heteroatoms. The van der Waals surface area contributed by atoms with Crippen LogP contribution in [0.25, 0.3) is 0 Å². The molecule has 0 unspecified atom stereocenters. The van der Waals surface area contributed by atoms with E-state index in [0.29, 0.717) is 12.6 Å². The molecule has 4 nitrogen and oxygen atoms in total. The molecular formula is C13H21N3O. The minimum Gasteiger partial charge on any atom is -0.395 e. The van der Waals surface area contributed by atoms with Gasteiger partial charge in [0, 0.05) is 30.9 Å². The van der Waals surface area contributed by atoms with Crippen molar-refractivity contribution in [3.63, 3.8) is 0 Å². The number of rotatable bonds is 6. The lowest BCUT2D eigenvalue weighted by atomic mass is 9.91. The first kappa shape index (κ1) is 12.3. The van der Waals surface area contributed by atoms with Crippen molar-refractivity contribution < 1.29 is 5.11 Å². The first-order chi connectivity index (χ1) is 8.36. The second-order valence-corrected chi connectivity index (χ2v) is 4.52. The zero-order chi connectivity index (χ0) is 12.1. The molecular weight excluding hydrogens is 214 g/mol. The number of aliphatic hydroxyl groups is 1. The summed E-state index contributed by atoms with van der Waals surface area (Å²) in [7, 11) is 1.94. The lowest BCUT2D eigenvalue weighted by Gasteiger charge is -2.39. The van der Waals surface area contributed by atoms with E-state index in [1.54, 1.807) is 0 Å². The molecule has 1 aliphatic rings. The highest BCUT2D eigenvalue weighted by molar-refractivity contribution is 5.48. The fourth-order valence-electron chi connectivity index (χ4n) is 2.28. The SMILES string of the molecule is CNCc1cccnc1N(CCO)C1CCC1. The summed E-state index contributed by atoms with van der Waals surface area (Å²) in [5.41, 5.74) is 1.20. The van der Waals surface area contributed by atoms with Crippen molar-refractivity contribution in [1.82, 2.24) is 10.3 Å². The van der Waals surface area contributed by atoms with Gasteiger partial charge in [0.25, 0.3) is 0 Å². The molecule has 94 valence electrons. The second-order valence-electron chi connectivity index (χ2n) is 4.52. The quantitative estimate of drug-likeness (QED) is 0.776. The van der Waals surface area contributed by atoms with E-state index < -0.39 is 0 Å². The normalized spacial score (nSPS) is 15.6. The van der Waals surface area contributed by atoms with Crippen LogP contribution in [0.1, 0.15) is 24.8 Å². The Hall–Kier alpha value is -1.13. The van der Waals surface area contributed by atoms with Crippen LogP contribution in [0.2, 0.25) is 0 Å². The summed E-state index contributed by atoms with van der Waals surface area (Å²) in [5, 5.41) is 12.4. The molecule has 1 heterocycles. The number of anilines is 1. The van der Waals surface area contributed by atoms with Gasteiger partial charge in [-0.2, -0.15) is 0 Å². The molecule has 1 aliphatic carbocycles. The van der Waals surface area contributed by atoms with Gasteiger partial charge in [-0.05, 0) is 32.4 Å². The van der Waals surface area contributed by atoms with E-state index in [2.05, 4.69) is 21.3 Å². The van der Waals surface area contributed by atoms with E-state index in [9.17, 15) is 5.11 Å². The second kappa shape index (κ2) is 5.98. The lowest BCUT2D eigenvalue weighted by molar-refractivity contribution is 0.282. The third-order valence-electron chi connectivity index (χ3n) is 3.36. The van der Waals surface area contributed by atoms with E-state index in [1.165, 1.54) is 24.8 Å². The predicted octanol–water partition coefficient (Wildman–Crippen LogP) is 1.15. The summed E-state index contributed by atoms with van der Waals surface area (Å²) >= 11 is 0. The number of nitrogens with one attached hydrogen (secondary N) is 1. The summed E-state index contributed by atoms with van der Waals surface area (Å²) in [5.74, 6) is 1.03. The van der Waals surface area contributed by atoms with Gasteiger partial charge in [-0.25, -0.2) is 4.98 Å². The van der Waals surface area contributed by atoms with E-state index >= 15 is 0 Å². The average Bonchev–Trinajstić information content (AvgIpc) is 2.27. The van der Waals surface area contributed by atoms with Crippen molar-refractivity contribution in [2.75, 3.05) is 25.1 Å². The van der Waals surface area contributed by atoms with Crippen molar-refractivity contribution in [3.05, 3.63) is 23.9 Å². The van der Waals surface area contributed by atoms with Crippen molar-refractivity contribution in [3.8, 4) is 0 Å². The largest absolute Gasteiger partial charge is 0.395 e. The van der Waals surface area contributed by atoms with Gasteiger partial charge in [-0.1, -0.05) is 6.07 Å². The molecule has 1 aromatic heterocycles. The Kier molecular flexibility index (Phi) is 4.34. The number of hydrogen-bond donors (Lipinski definition) is 2. The van der Waals surface area contributed by atoms with E-state index in [1.807, 2.05) is 19.3 Å². The molecule has 0 aromatic carbocycles. The Balaban J connectivity index is 2.21. The summed E-state index contributed by atoms with van der Waals surface area (Å²) < 4.78 is 0. The van der Waals surface area contributed by atoms with Crippen molar-refractivity contribution in [2.24, 2.45) is 0 Å². The highest BCUT2D eigenvalue weighted by Crippen LogP contribution is 2.29. The fraction of sp³-hybridized carbons (Fsp3) is 0.615. The summed E-state index contributed by atoms with van der Waals surface area (Å²) in [6, 6.07) is 4.63. The third kappa shape index (κ3) is 2.76. The predicted molar refractivity (Wildman–Crippen MR) is 69.1 cm³/mol. The molecule has 1 saturated carbocycles. The van der Waals surface area contributed by atoms with Crippen LogP contribution in [0, 0.1) is 0 Å². The van der Waals surface area contributed by atoms with Crippen molar-refractivity contribution >= 4 is 5.82 Å². The maximum Gasteiger partial charge on any atom is 0.133 e. The van der Waals surface area contributed by atoms with Crippen LogP contribution in [0.15, 0.2) is 18.3 Å². The standard InChI is InChI=1S/C13H21N3O/c1-14-10-11-4-3-7-15-13(11)16(8-9-17)12-5-2-6-12/h3-4,7,12,14,17H,2,5-6,8-10H2,1H3. The molecule has 0 amide bonds. The highest BCUT2D eigenvalue weighted by Gasteiger charge is 2.26. The molecule has 2 rings (SSSR count). The van der Waals surface area contributed by atoms with Crippen LogP contribution >= 0.6 is 0 Å². The monoisotopic (exact) mass is 235 g/mol. The first-order valence-electron chi connectivity index (χ1n) is 6.33. The van der Waals surface area contributed by atoms with Crippen LogP contribution < -0.4 is 10.2 Å². The summed E-state index contributed by atoms with van der Waals surface area (Å²) in [6.07, 6.45) is 5.56. The Morgan fingerprint density at radius 1 is 1.53 bits per heavy atom. The van der Waals surface area contributed by atoms with Crippen LogP contribution in [-0.4, -0.2) is 36.3 Å². The van der Waals surface area contributed by atoms with Gasteiger partial charge in [-0.15, -0.1) is 0 Å². The number of pyridine rings is 1. The summed E-state index contributed by atoms with van der Waals surface area (Å²) in [4.78, 5) is 6.75. The van der Waals surface area contributed by atoms with Crippen LogP contribution in [0.5, 0.6) is 0 Å². The zero-order valence-corrected chi connectivity index (χ0v) is 10.4. The molecule has 1 aromatic rings. The third-order valence-corrected chi connectivity index (χ3v) is 3.36. The van der Waals surface area contributed by atoms with Gasteiger partial charge in [0.15, 0.2) is 0 Å². The van der Waals surface area contributed by atoms with Crippen molar-refractivity contribution in [1.29, 1.82) is 0 Å². The molecule has 0 bridgehead atoms. The molecule has 1 fully saturated rings. The summed E-state index contributed by atoms with van der Waals surface area (Å²) in [6.45, 7) is 1.68. The zero-order valence-electron chi connectivity index (χ0n) is 10.4. The molecule has 0 aliphatic heterocycles. The van der Waals surface area contributed by atoms with E-state index in [0.717, 1.165) is 12.4 Å². The van der Waals surface area contributed by atoms with Gasteiger partial charge in [0.1, 0.15) is 5.82 Å². The average molecular weight is 235 g/mol. The Bertz CT molecular complexity index is 352. The van der Waals surface area contributed by atoms with Crippen LogP contribution in [-0.2, 0) is 6.54 Å². The Morgan fingerprint density at radius 3 is 2.94 bits per heavy atom. The number of aliphatic hydroxyl groups excluding tert-OH is 1. The van der Waals surface area contributed by atoms with Gasteiger partial charge in [0.2, 0.25) is 0 Å². The smallest absolute Gasteiger partial charge is 0.133 e. The highest BCUT2D eigenvalue weighted by atomic mass is 16.3. The molecule has 0 radical (unpaired) electrons. The molecule has 0 atom stereocenters. The molecule has 2 N–H and O–H groups in total. The van der Waals surface area contributed by atoms with Gasteiger partial charge < -0.3 is 15.3 Å². The Morgan fingerprint density at radius 2 is 2.35 bits per heavy atom. The maximum atomic E-state index is 9.20. The minimum atomic E-state index is 0.187. The fourth-order valence-corrected chi connectivity index (χ4v) is 2.28. The van der Waals surface area contributed by atoms with E-state index in [4.69, 9.17) is 0 Å². The maximum absolute atomic E-state index is 9.20. The molecule has 0 spiro atoms. The molecule has 17 heavy (non-hydrogen) atoms. The van der Waals surface area contributed by atoms with Crippen LogP contribution in [0.3, 0.4) is 0 Å². The van der Waals surface area contributed by atoms with E-state index in [-0.39, 0.29) is 6.61 Å². The first-order valence-corrected chi connectivity index (χ1v) is 6.33. The number of hydrogen-bond acceptors (Lipinski definition) is 4. The number of nitrogens with zero attached hydrogens (tertiary/aromatic N) is 2. The van der Waals surface area contributed by atoms with Gasteiger partial charge >= 0.3 is 0 Å².